The molecule has 0 aromatic carbocycles. The number of imidazole rings is 1. The van der Waals surface area contributed by atoms with Crippen molar-refractivity contribution in [2.45, 2.75) is 19.9 Å². The Morgan fingerprint density at radius 1 is 1.57 bits per heavy atom. The van der Waals surface area contributed by atoms with Crippen molar-refractivity contribution in [3.05, 3.63) is 45.1 Å². The second-order valence-electron chi connectivity index (χ2n) is 4.89. The summed E-state index contributed by atoms with van der Waals surface area (Å²) in [7, 11) is 0. The van der Waals surface area contributed by atoms with E-state index in [1.165, 1.54) is 32.7 Å². The first-order chi connectivity index (χ1) is 10.9. The van der Waals surface area contributed by atoms with E-state index in [0.29, 0.717) is 15.0 Å². The molecule has 0 unspecified atom stereocenters. The number of fused-ring (bicyclic) bond motifs is 1. The number of halogens is 3. The van der Waals surface area contributed by atoms with E-state index in [0.717, 1.165) is 5.56 Å². The van der Waals surface area contributed by atoms with Crippen molar-refractivity contribution in [1.82, 2.24) is 9.55 Å². The fourth-order valence-corrected chi connectivity index (χ4v) is 3.44. The molecule has 0 fully saturated rings. The number of aromatic hydroxyl groups is 1. The Morgan fingerprint density at radius 2 is 2.30 bits per heavy atom. The molecule has 0 aliphatic heterocycles. The molecular formula is C14H11ClF2N3O2S+. The third-order valence-corrected chi connectivity index (χ3v) is 4.50. The number of carbonyl (C=O) groups excluding carboxylic acids is 1. The maximum absolute atomic E-state index is 12.9. The Bertz CT molecular complexity index is 907. The predicted octanol–water partition coefficient (Wildman–Crippen LogP) is 2.85. The molecule has 3 aromatic heterocycles. The fraction of sp³-hybridized carbons (Fsp3) is 0.214. The molecule has 0 bridgehead atoms. The van der Waals surface area contributed by atoms with Crippen LogP contribution in [0.4, 0.5) is 8.78 Å². The summed E-state index contributed by atoms with van der Waals surface area (Å²) in [6.45, 7) is 1.87. The van der Waals surface area contributed by atoms with Crippen molar-refractivity contribution in [2.24, 2.45) is 0 Å². The van der Waals surface area contributed by atoms with Gasteiger partial charge >= 0.3 is 12.3 Å². The number of carbonyl (C=O) groups is 1. The van der Waals surface area contributed by atoms with Crippen LogP contribution in [0.3, 0.4) is 0 Å². The molecule has 0 amide bonds. The zero-order valence-corrected chi connectivity index (χ0v) is 13.4. The van der Waals surface area contributed by atoms with E-state index in [1.807, 2.05) is 0 Å². The minimum Gasteiger partial charge on any atom is -0.474 e. The lowest BCUT2D eigenvalue weighted by molar-refractivity contribution is -0.521. The van der Waals surface area contributed by atoms with Gasteiger partial charge in [-0.2, -0.15) is 4.40 Å². The first-order valence-corrected chi connectivity index (χ1v) is 7.74. The summed E-state index contributed by atoms with van der Waals surface area (Å²) in [6.07, 6.45) is -0.194. The maximum Gasteiger partial charge on any atom is 0.339 e. The fourth-order valence-electron chi connectivity index (χ4n) is 2.48. The van der Waals surface area contributed by atoms with Gasteiger partial charge in [0.25, 0.3) is 17.1 Å². The average molecular weight is 359 g/mol. The lowest BCUT2D eigenvalue weighted by Crippen LogP contribution is -2.20. The van der Waals surface area contributed by atoms with Gasteiger partial charge in [-0.25, -0.2) is 18.3 Å². The van der Waals surface area contributed by atoms with Crippen LogP contribution in [-0.4, -0.2) is 26.9 Å². The number of nitrogens with zero attached hydrogens (tertiary/aromatic N) is 3. The highest BCUT2D eigenvalue weighted by atomic mass is 35.5. The molecule has 120 valence electrons. The second kappa shape index (κ2) is 5.86. The highest BCUT2D eigenvalue weighted by molar-refractivity contribution is 7.15. The van der Waals surface area contributed by atoms with Gasteiger partial charge in [0.15, 0.2) is 4.47 Å². The molecule has 23 heavy (non-hydrogen) atoms. The zero-order valence-electron chi connectivity index (χ0n) is 11.8. The van der Waals surface area contributed by atoms with E-state index >= 15 is 0 Å². The Hall–Kier alpha value is -2.06. The number of thiazole rings is 1. The van der Waals surface area contributed by atoms with Crippen LogP contribution in [0.15, 0.2) is 24.5 Å². The molecule has 0 saturated carbocycles. The molecule has 3 heterocycles. The summed E-state index contributed by atoms with van der Waals surface area (Å²) in [6, 6.07) is 3.42. The largest absolute Gasteiger partial charge is 0.474 e. The molecule has 0 atom stereocenters. The van der Waals surface area contributed by atoms with Crippen molar-refractivity contribution >= 4 is 34.4 Å². The minimum absolute atomic E-state index is 0.104. The van der Waals surface area contributed by atoms with Crippen LogP contribution in [0.25, 0.3) is 5.65 Å². The van der Waals surface area contributed by atoms with Crippen LogP contribution in [0.1, 0.15) is 20.9 Å². The maximum atomic E-state index is 12.9. The van der Waals surface area contributed by atoms with Gasteiger partial charge in [0.2, 0.25) is 0 Å². The van der Waals surface area contributed by atoms with Crippen LogP contribution in [0.2, 0.25) is 4.47 Å². The smallest absolute Gasteiger partial charge is 0.339 e. The van der Waals surface area contributed by atoms with Gasteiger partial charge in [0, 0.05) is 11.8 Å². The number of aryl methyl sites for hydroxylation is 1. The molecule has 0 spiro atoms. The lowest BCUT2D eigenvalue weighted by atomic mass is 10.3. The van der Waals surface area contributed by atoms with Crippen molar-refractivity contribution in [2.75, 3.05) is 0 Å². The zero-order chi connectivity index (χ0) is 16.7. The van der Waals surface area contributed by atoms with Gasteiger partial charge in [-0.3, -0.25) is 4.79 Å². The highest BCUT2D eigenvalue weighted by Crippen LogP contribution is 2.26. The van der Waals surface area contributed by atoms with Crippen molar-refractivity contribution in [1.29, 1.82) is 0 Å². The van der Waals surface area contributed by atoms with Crippen LogP contribution in [0.5, 0.6) is 5.88 Å². The Labute approximate surface area is 138 Å². The van der Waals surface area contributed by atoms with Gasteiger partial charge in [0.1, 0.15) is 6.54 Å². The number of hydrogen-bond acceptors (Lipinski definition) is 4. The third-order valence-electron chi connectivity index (χ3n) is 3.40. The lowest BCUT2D eigenvalue weighted by Gasteiger charge is -2.01. The number of hydrogen-bond donors (Lipinski definition) is 1. The summed E-state index contributed by atoms with van der Waals surface area (Å²) >= 11 is 6.97. The van der Waals surface area contributed by atoms with E-state index in [-0.39, 0.29) is 6.54 Å². The average Bonchev–Trinajstić information content (AvgIpc) is 3.02. The monoisotopic (exact) mass is 358 g/mol. The van der Waals surface area contributed by atoms with E-state index in [2.05, 4.69) is 4.98 Å². The highest BCUT2D eigenvalue weighted by Gasteiger charge is 2.36. The molecule has 0 radical (unpaired) electrons. The Morgan fingerprint density at radius 3 is 2.91 bits per heavy atom. The first-order valence-electron chi connectivity index (χ1n) is 6.55. The van der Waals surface area contributed by atoms with Gasteiger partial charge in [-0.1, -0.05) is 11.6 Å². The molecule has 0 saturated heterocycles. The number of aromatic nitrogens is 3. The van der Waals surface area contributed by atoms with Gasteiger partial charge in [0.05, 0.1) is 11.1 Å². The summed E-state index contributed by atoms with van der Waals surface area (Å²) in [5, 5.41) is 10.2. The number of ketones is 1. The van der Waals surface area contributed by atoms with Crippen LogP contribution in [0, 0.1) is 6.92 Å². The summed E-state index contributed by atoms with van der Waals surface area (Å²) in [4.78, 5) is 16.5. The summed E-state index contributed by atoms with van der Waals surface area (Å²) < 4.78 is 28.9. The normalized spacial score (nSPS) is 11.5. The molecular weight excluding hydrogens is 348 g/mol. The van der Waals surface area contributed by atoms with E-state index < -0.39 is 23.8 Å². The predicted molar refractivity (Wildman–Crippen MR) is 80.6 cm³/mol. The van der Waals surface area contributed by atoms with E-state index in [9.17, 15) is 18.7 Å². The molecule has 9 heteroatoms. The first kappa shape index (κ1) is 15.8. The van der Waals surface area contributed by atoms with Crippen LogP contribution >= 0.6 is 22.9 Å². The topological polar surface area (TPSA) is 59.2 Å². The Balaban J connectivity index is 2.27. The third kappa shape index (κ3) is 2.68. The Kier molecular flexibility index (Phi) is 4.03. The summed E-state index contributed by atoms with van der Waals surface area (Å²) in [5.74, 6) is -1.94. The quantitative estimate of drug-likeness (QED) is 0.576. The van der Waals surface area contributed by atoms with Crippen molar-refractivity contribution in [3.8, 4) is 5.88 Å². The van der Waals surface area contributed by atoms with Gasteiger partial charge < -0.3 is 5.11 Å². The van der Waals surface area contributed by atoms with Crippen LogP contribution < -0.4 is 4.40 Å². The number of alkyl halides is 2. The van der Waals surface area contributed by atoms with E-state index in [4.69, 9.17) is 11.6 Å². The van der Waals surface area contributed by atoms with Crippen molar-refractivity contribution < 1.29 is 23.1 Å². The minimum atomic E-state index is -3.21. The van der Waals surface area contributed by atoms with Gasteiger partial charge in [-0.15, -0.1) is 11.3 Å². The van der Waals surface area contributed by atoms with Crippen LogP contribution in [-0.2, 0) is 6.54 Å². The molecule has 3 aromatic rings. The summed E-state index contributed by atoms with van der Waals surface area (Å²) in [5.41, 5.74) is 0.754. The van der Waals surface area contributed by atoms with Crippen molar-refractivity contribution in [3.63, 3.8) is 0 Å². The standard InChI is InChI=1S/C14H10ClF2N3O2S/c1-7-3-2-4-19-12(7)20(6-8-5-18-14(15)23-8)9(13(19)22)10(21)11(16)17/h2-5,11H,6H2,1H3/p+1. The molecule has 0 aliphatic carbocycles. The number of Topliss-reactive ketones (excluding diaryl/α,β-unsaturated/α-hetero) is 1. The second-order valence-corrected chi connectivity index (χ2v) is 6.58. The number of pyridine rings is 1. The SMILES string of the molecule is Cc1ccc[n+]2c(O)c(C(=O)C(F)F)n(Cc3cnc(Cl)s3)c12. The van der Waals surface area contributed by atoms with E-state index in [1.54, 1.807) is 19.1 Å². The molecule has 1 N–H and O–H groups in total. The molecule has 0 aliphatic rings. The molecule has 5 nitrogen and oxygen atoms in total. The number of rotatable bonds is 4. The molecule has 3 rings (SSSR count). The van der Waals surface area contributed by atoms with Gasteiger partial charge in [-0.05, 0) is 19.1 Å².